The van der Waals surface area contributed by atoms with Gasteiger partial charge in [-0.1, -0.05) is 19.9 Å². The molecule has 1 aromatic heterocycles. The highest BCUT2D eigenvalue weighted by atomic mass is 16.5. The Morgan fingerprint density at radius 3 is 2.89 bits per heavy atom. The van der Waals surface area contributed by atoms with Gasteiger partial charge in [-0.3, -0.25) is 0 Å². The largest absolute Gasteiger partial charge is 0.496 e. The zero-order valence-corrected chi connectivity index (χ0v) is 11.4. The van der Waals surface area contributed by atoms with Crippen LogP contribution in [0.25, 0.3) is 10.9 Å². The van der Waals surface area contributed by atoms with Crippen LogP contribution >= 0.6 is 0 Å². The van der Waals surface area contributed by atoms with Crippen molar-refractivity contribution in [3.05, 3.63) is 30.0 Å². The second-order valence-corrected chi connectivity index (χ2v) is 5.04. The molecule has 0 saturated heterocycles. The standard InChI is InChI=1S/C15H22N2O/c1-11(2)9-16-8-7-12-10-17-13-5-4-6-14(18-3)15(12)13/h4-6,10-11,16-17H,7-9H2,1-3H3. The van der Waals surface area contributed by atoms with Gasteiger partial charge in [0.25, 0.3) is 0 Å². The molecule has 0 unspecified atom stereocenters. The van der Waals surface area contributed by atoms with Crippen molar-refractivity contribution >= 4 is 10.9 Å². The average molecular weight is 246 g/mol. The molecule has 98 valence electrons. The van der Waals surface area contributed by atoms with Crippen LogP contribution in [0.4, 0.5) is 0 Å². The first kappa shape index (κ1) is 13.0. The molecule has 18 heavy (non-hydrogen) atoms. The Kier molecular flexibility index (Phi) is 4.26. The van der Waals surface area contributed by atoms with Crippen LogP contribution in [0.3, 0.4) is 0 Å². The van der Waals surface area contributed by atoms with Gasteiger partial charge < -0.3 is 15.0 Å². The molecule has 1 heterocycles. The van der Waals surface area contributed by atoms with Gasteiger partial charge in [0.2, 0.25) is 0 Å². The summed E-state index contributed by atoms with van der Waals surface area (Å²) >= 11 is 0. The lowest BCUT2D eigenvalue weighted by Gasteiger charge is -2.08. The maximum atomic E-state index is 5.43. The Morgan fingerprint density at radius 2 is 2.17 bits per heavy atom. The second kappa shape index (κ2) is 5.91. The Balaban J connectivity index is 2.09. The van der Waals surface area contributed by atoms with Crippen molar-refractivity contribution in [3.63, 3.8) is 0 Å². The van der Waals surface area contributed by atoms with Crippen LogP contribution in [-0.4, -0.2) is 25.2 Å². The van der Waals surface area contributed by atoms with Gasteiger partial charge in [-0.15, -0.1) is 0 Å². The topological polar surface area (TPSA) is 37.0 Å². The molecule has 0 saturated carbocycles. The normalized spacial score (nSPS) is 11.3. The van der Waals surface area contributed by atoms with Crippen molar-refractivity contribution in [1.82, 2.24) is 10.3 Å². The zero-order valence-electron chi connectivity index (χ0n) is 11.4. The molecule has 2 rings (SSSR count). The Hall–Kier alpha value is -1.48. The number of aromatic nitrogens is 1. The number of nitrogens with one attached hydrogen (secondary N) is 2. The number of ether oxygens (including phenoxy) is 1. The van der Waals surface area contributed by atoms with E-state index in [1.54, 1.807) is 7.11 Å². The number of aromatic amines is 1. The van der Waals surface area contributed by atoms with E-state index in [-0.39, 0.29) is 0 Å². The maximum absolute atomic E-state index is 5.43. The molecule has 1 aromatic carbocycles. The number of hydrogen-bond acceptors (Lipinski definition) is 2. The van der Waals surface area contributed by atoms with Gasteiger partial charge in [0, 0.05) is 17.1 Å². The van der Waals surface area contributed by atoms with Crippen LogP contribution in [0.1, 0.15) is 19.4 Å². The fourth-order valence-corrected chi connectivity index (χ4v) is 2.20. The minimum absolute atomic E-state index is 0.697. The van der Waals surface area contributed by atoms with E-state index in [0.717, 1.165) is 30.8 Å². The van der Waals surface area contributed by atoms with E-state index in [0.29, 0.717) is 5.92 Å². The molecule has 2 aromatic rings. The van der Waals surface area contributed by atoms with Gasteiger partial charge in [0.15, 0.2) is 0 Å². The van der Waals surface area contributed by atoms with Gasteiger partial charge in [-0.05, 0) is 43.1 Å². The minimum atomic E-state index is 0.697. The predicted octanol–water partition coefficient (Wildman–Crippen LogP) is 2.96. The number of hydrogen-bond donors (Lipinski definition) is 2. The van der Waals surface area contributed by atoms with Crippen LogP contribution in [-0.2, 0) is 6.42 Å². The third-order valence-electron chi connectivity index (χ3n) is 3.09. The molecule has 0 aliphatic rings. The van der Waals surface area contributed by atoms with Crippen molar-refractivity contribution in [2.24, 2.45) is 5.92 Å². The zero-order chi connectivity index (χ0) is 13.0. The molecule has 0 amide bonds. The lowest BCUT2D eigenvalue weighted by molar-refractivity contribution is 0.419. The lowest BCUT2D eigenvalue weighted by Crippen LogP contribution is -2.22. The number of rotatable bonds is 6. The summed E-state index contributed by atoms with van der Waals surface area (Å²) in [6, 6.07) is 6.11. The van der Waals surface area contributed by atoms with Crippen molar-refractivity contribution < 1.29 is 4.74 Å². The summed E-state index contributed by atoms with van der Waals surface area (Å²) in [6.45, 7) is 6.52. The third-order valence-corrected chi connectivity index (χ3v) is 3.09. The minimum Gasteiger partial charge on any atom is -0.496 e. The van der Waals surface area contributed by atoms with Gasteiger partial charge in [-0.2, -0.15) is 0 Å². The molecule has 2 N–H and O–H groups in total. The van der Waals surface area contributed by atoms with Crippen LogP contribution in [0.15, 0.2) is 24.4 Å². The molecule has 0 spiro atoms. The first-order valence-corrected chi connectivity index (χ1v) is 6.56. The van der Waals surface area contributed by atoms with Crippen LogP contribution < -0.4 is 10.1 Å². The summed E-state index contributed by atoms with van der Waals surface area (Å²) in [7, 11) is 1.72. The predicted molar refractivity (Wildman–Crippen MR) is 76.3 cm³/mol. The summed E-state index contributed by atoms with van der Waals surface area (Å²) in [5, 5.41) is 4.68. The first-order chi connectivity index (χ1) is 8.72. The molecule has 3 heteroatoms. The summed E-state index contributed by atoms with van der Waals surface area (Å²) in [4.78, 5) is 3.30. The first-order valence-electron chi connectivity index (χ1n) is 6.56. The van der Waals surface area contributed by atoms with E-state index in [2.05, 4.69) is 36.4 Å². The number of benzene rings is 1. The van der Waals surface area contributed by atoms with Crippen molar-refractivity contribution in [1.29, 1.82) is 0 Å². The van der Waals surface area contributed by atoms with E-state index >= 15 is 0 Å². The highest BCUT2D eigenvalue weighted by Gasteiger charge is 2.08. The molecule has 0 aliphatic carbocycles. The molecule has 0 aliphatic heterocycles. The number of H-pyrrole nitrogens is 1. The number of methoxy groups -OCH3 is 1. The Bertz CT molecular complexity index is 502. The molecule has 0 fully saturated rings. The smallest absolute Gasteiger partial charge is 0.128 e. The number of fused-ring (bicyclic) bond motifs is 1. The van der Waals surface area contributed by atoms with Gasteiger partial charge in [0.05, 0.1) is 7.11 Å². The Labute approximate surface area is 109 Å². The Morgan fingerprint density at radius 1 is 1.33 bits per heavy atom. The van der Waals surface area contributed by atoms with Crippen LogP contribution in [0.2, 0.25) is 0 Å². The van der Waals surface area contributed by atoms with E-state index in [1.807, 2.05) is 12.1 Å². The molecular weight excluding hydrogens is 224 g/mol. The summed E-state index contributed by atoms with van der Waals surface area (Å²) in [5.74, 6) is 1.65. The van der Waals surface area contributed by atoms with Gasteiger partial charge in [-0.25, -0.2) is 0 Å². The maximum Gasteiger partial charge on any atom is 0.128 e. The quantitative estimate of drug-likeness (QED) is 0.769. The van der Waals surface area contributed by atoms with E-state index in [9.17, 15) is 0 Å². The third kappa shape index (κ3) is 2.85. The van der Waals surface area contributed by atoms with Crippen LogP contribution in [0, 0.1) is 5.92 Å². The SMILES string of the molecule is COc1cccc2[nH]cc(CCNCC(C)C)c12. The second-order valence-electron chi connectivity index (χ2n) is 5.04. The van der Waals surface area contributed by atoms with Crippen molar-refractivity contribution in [2.75, 3.05) is 20.2 Å². The van der Waals surface area contributed by atoms with E-state index in [4.69, 9.17) is 4.74 Å². The van der Waals surface area contributed by atoms with Gasteiger partial charge in [0.1, 0.15) is 5.75 Å². The highest BCUT2D eigenvalue weighted by Crippen LogP contribution is 2.28. The van der Waals surface area contributed by atoms with E-state index < -0.39 is 0 Å². The summed E-state index contributed by atoms with van der Waals surface area (Å²) in [5.41, 5.74) is 2.46. The fraction of sp³-hybridized carbons (Fsp3) is 0.467. The van der Waals surface area contributed by atoms with Crippen LogP contribution in [0.5, 0.6) is 5.75 Å². The summed E-state index contributed by atoms with van der Waals surface area (Å²) < 4.78 is 5.43. The van der Waals surface area contributed by atoms with Crippen molar-refractivity contribution in [3.8, 4) is 5.75 Å². The average Bonchev–Trinajstić information content (AvgIpc) is 2.77. The van der Waals surface area contributed by atoms with E-state index in [1.165, 1.54) is 10.9 Å². The molecule has 3 nitrogen and oxygen atoms in total. The summed E-state index contributed by atoms with van der Waals surface area (Å²) in [6.07, 6.45) is 3.11. The fourth-order valence-electron chi connectivity index (χ4n) is 2.20. The molecule has 0 bridgehead atoms. The van der Waals surface area contributed by atoms with Gasteiger partial charge >= 0.3 is 0 Å². The molecular formula is C15H22N2O. The molecule has 0 atom stereocenters. The monoisotopic (exact) mass is 246 g/mol. The van der Waals surface area contributed by atoms with Crippen molar-refractivity contribution in [2.45, 2.75) is 20.3 Å². The highest BCUT2D eigenvalue weighted by molar-refractivity contribution is 5.89. The molecule has 0 radical (unpaired) electrons. The lowest BCUT2D eigenvalue weighted by atomic mass is 10.1.